The minimum Gasteiger partial charge on any atom is -0.383 e. The summed E-state index contributed by atoms with van der Waals surface area (Å²) < 4.78 is 5.07. The van der Waals surface area contributed by atoms with Gasteiger partial charge in [0, 0.05) is 24.6 Å². The van der Waals surface area contributed by atoms with Crippen LogP contribution in [-0.2, 0) is 4.74 Å². The molecule has 13 heavy (non-hydrogen) atoms. The van der Waals surface area contributed by atoms with Crippen LogP contribution in [0.4, 0.5) is 0 Å². The van der Waals surface area contributed by atoms with Crippen molar-refractivity contribution in [2.75, 3.05) is 13.7 Å². The van der Waals surface area contributed by atoms with E-state index >= 15 is 0 Å². The van der Waals surface area contributed by atoms with E-state index in [1.807, 2.05) is 0 Å². The lowest BCUT2D eigenvalue weighted by atomic mass is 9.66. The highest BCUT2D eigenvalue weighted by Crippen LogP contribution is 2.44. The van der Waals surface area contributed by atoms with Crippen LogP contribution >= 0.6 is 11.6 Å². The Hall–Kier alpha value is 0.210. The number of alkyl halides is 1. The Bertz CT molecular complexity index is 172. The number of hydrogen-bond donors (Lipinski definition) is 1. The van der Waals surface area contributed by atoms with Crippen LogP contribution < -0.4 is 5.32 Å². The molecule has 0 aromatic carbocycles. The van der Waals surface area contributed by atoms with Crippen LogP contribution in [0.2, 0.25) is 0 Å². The molecule has 3 heteroatoms. The van der Waals surface area contributed by atoms with Crippen molar-refractivity contribution < 1.29 is 4.74 Å². The summed E-state index contributed by atoms with van der Waals surface area (Å²) in [5, 5.41) is 3.85. The van der Waals surface area contributed by atoms with Gasteiger partial charge in [0.25, 0.3) is 0 Å². The summed E-state index contributed by atoms with van der Waals surface area (Å²) in [5.41, 5.74) is 0.226. The Morgan fingerprint density at radius 1 is 1.62 bits per heavy atom. The molecule has 0 aliphatic heterocycles. The summed E-state index contributed by atoms with van der Waals surface area (Å²) >= 11 is 6.12. The number of ether oxygens (including phenoxy) is 1. The van der Waals surface area contributed by atoms with Gasteiger partial charge in [-0.1, -0.05) is 13.8 Å². The number of nitrogens with one attached hydrogen (secondary N) is 1. The Labute approximate surface area is 86.0 Å². The summed E-state index contributed by atoms with van der Waals surface area (Å²) in [6.45, 7) is 7.33. The lowest BCUT2D eigenvalue weighted by Crippen LogP contribution is -2.60. The van der Waals surface area contributed by atoms with Gasteiger partial charge in [-0.15, -0.1) is 11.6 Å². The predicted molar refractivity (Wildman–Crippen MR) is 56.3 cm³/mol. The first kappa shape index (κ1) is 11.3. The molecule has 0 bridgehead atoms. The van der Waals surface area contributed by atoms with Crippen LogP contribution in [0.5, 0.6) is 0 Å². The van der Waals surface area contributed by atoms with Crippen molar-refractivity contribution in [1.29, 1.82) is 0 Å². The van der Waals surface area contributed by atoms with Crippen molar-refractivity contribution in [3.63, 3.8) is 0 Å². The molecule has 0 radical (unpaired) electrons. The maximum absolute atomic E-state index is 6.12. The molecule has 2 nitrogen and oxygen atoms in total. The Morgan fingerprint density at radius 2 is 2.23 bits per heavy atom. The van der Waals surface area contributed by atoms with Crippen LogP contribution in [0, 0.1) is 5.41 Å². The first-order valence-corrected chi connectivity index (χ1v) is 5.31. The molecule has 3 atom stereocenters. The zero-order valence-electron chi connectivity index (χ0n) is 8.93. The summed E-state index contributed by atoms with van der Waals surface area (Å²) in [6.07, 6.45) is 1.07. The molecule has 1 rings (SSSR count). The van der Waals surface area contributed by atoms with Crippen molar-refractivity contribution in [3.8, 4) is 0 Å². The van der Waals surface area contributed by atoms with Crippen molar-refractivity contribution in [2.24, 2.45) is 5.41 Å². The molecule has 1 fully saturated rings. The van der Waals surface area contributed by atoms with Gasteiger partial charge in [0.05, 0.1) is 6.61 Å². The van der Waals surface area contributed by atoms with Gasteiger partial charge in [0.2, 0.25) is 0 Å². The van der Waals surface area contributed by atoms with Crippen LogP contribution in [0.1, 0.15) is 27.2 Å². The average molecular weight is 206 g/mol. The minimum atomic E-state index is 0.226. The molecule has 1 N–H and O–H groups in total. The Balaban J connectivity index is 2.31. The third-order valence-electron chi connectivity index (χ3n) is 3.05. The van der Waals surface area contributed by atoms with Crippen LogP contribution in [-0.4, -0.2) is 31.2 Å². The maximum atomic E-state index is 6.12. The average Bonchev–Trinajstić information content (AvgIpc) is 2.04. The molecule has 0 spiro atoms. The zero-order valence-corrected chi connectivity index (χ0v) is 9.69. The Morgan fingerprint density at radius 3 is 2.62 bits per heavy atom. The first-order chi connectivity index (χ1) is 5.98. The van der Waals surface area contributed by atoms with Crippen molar-refractivity contribution in [2.45, 2.75) is 44.7 Å². The summed E-state index contributed by atoms with van der Waals surface area (Å²) in [4.78, 5) is 0. The van der Waals surface area contributed by atoms with E-state index in [-0.39, 0.29) is 5.41 Å². The van der Waals surface area contributed by atoms with Gasteiger partial charge >= 0.3 is 0 Å². The fourth-order valence-electron chi connectivity index (χ4n) is 1.80. The van der Waals surface area contributed by atoms with Gasteiger partial charge in [-0.05, 0) is 18.8 Å². The summed E-state index contributed by atoms with van der Waals surface area (Å²) in [5.74, 6) is 0. The maximum Gasteiger partial charge on any atom is 0.0613 e. The number of rotatable bonds is 4. The number of halogens is 1. The summed E-state index contributed by atoms with van der Waals surface area (Å²) in [7, 11) is 1.73. The fourth-order valence-corrected chi connectivity index (χ4v) is 2.13. The fraction of sp³-hybridized carbons (Fsp3) is 1.00. The first-order valence-electron chi connectivity index (χ1n) is 4.87. The van der Waals surface area contributed by atoms with E-state index in [1.54, 1.807) is 7.11 Å². The molecule has 0 aromatic heterocycles. The smallest absolute Gasteiger partial charge is 0.0613 e. The monoisotopic (exact) mass is 205 g/mol. The topological polar surface area (TPSA) is 21.3 Å². The second-order valence-corrected chi connectivity index (χ2v) is 5.13. The molecule has 1 saturated carbocycles. The van der Waals surface area contributed by atoms with Crippen molar-refractivity contribution in [1.82, 2.24) is 5.32 Å². The minimum absolute atomic E-state index is 0.226. The molecular formula is C10H20ClNO. The molecular weight excluding hydrogens is 186 g/mol. The normalized spacial score (nSPS) is 33.9. The lowest BCUT2D eigenvalue weighted by Gasteiger charge is -2.50. The lowest BCUT2D eigenvalue weighted by molar-refractivity contribution is 0.0858. The van der Waals surface area contributed by atoms with Crippen molar-refractivity contribution >= 4 is 11.6 Å². The number of hydrogen-bond acceptors (Lipinski definition) is 2. The highest BCUT2D eigenvalue weighted by molar-refractivity contribution is 6.21. The van der Waals surface area contributed by atoms with E-state index in [1.165, 1.54) is 0 Å². The summed E-state index contributed by atoms with van der Waals surface area (Å²) in [6, 6.07) is 0.957. The molecule has 0 aromatic rings. The highest BCUT2D eigenvalue weighted by atomic mass is 35.5. The van der Waals surface area contributed by atoms with E-state index in [0.717, 1.165) is 13.0 Å². The van der Waals surface area contributed by atoms with Gasteiger partial charge in [0.15, 0.2) is 0 Å². The quantitative estimate of drug-likeness (QED) is 0.710. The van der Waals surface area contributed by atoms with E-state index < -0.39 is 0 Å². The van der Waals surface area contributed by atoms with E-state index in [0.29, 0.717) is 17.5 Å². The SMILES string of the molecule is COCC(C)NC1CC(Cl)C1(C)C. The standard InChI is InChI=1S/C10H20ClNO/c1-7(6-13-4)12-9-5-8(11)10(9,2)3/h7-9,12H,5-6H2,1-4H3. The zero-order chi connectivity index (χ0) is 10.1. The second kappa shape index (κ2) is 4.16. The highest BCUT2D eigenvalue weighted by Gasteiger charge is 2.47. The molecule has 0 heterocycles. The van der Waals surface area contributed by atoms with Gasteiger partial charge in [-0.25, -0.2) is 0 Å². The molecule has 0 amide bonds. The predicted octanol–water partition coefficient (Wildman–Crippen LogP) is 2.02. The van der Waals surface area contributed by atoms with Gasteiger partial charge in [-0.3, -0.25) is 0 Å². The number of methoxy groups -OCH3 is 1. The van der Waals surface area contributed by atoms with Crippen LogP contribution in [0.25, 0.3) is 0 Å². The van der Waals surface area contributed by atoms with Crippen LogP contribution in [0.3, 0.4) is 0 Å². The van der Waals surface area contributed by atoms with Gasteiger partial charge in [0.1, 0.15) is 0 Å². The van der Waals surface area contributed by atoms with E-state index in [4.69, 9.17) is 16.3 Å². The van der Waals surface area contributed by atoms with Gasteiger partial charge < -0.3 is 10.1 Å². The van der Waals surface area contributed by atoms with Crippen molar-refractivity contribution in [3.05, 3.63) is 0 Å². The molecule has 0 saturated heterocycles. The van der Waals surface area contributed by atoms with E-state index in [2.05, 4.69) is 26.1 Å². The third kappa shape index (κ3) is 2.36. The largest absolute Gasteiger partial charge is 0.383 e. The van der Waals surface area contributed by atoms with E-state index in [9.17, 15) is 0 Å². The second-order valence-electron chi connectivity index (χ2n) is 4.60. The molecule has 1 aliphatic carbocycles. The molecule has 3 unspecified atom stereocenters. The molecule has 1 aliphatic rings. The van der Waals surface area contributed by atoms with Crippen LogP contribution in [0.15, 0.2) is 0 Å². The Kier molecular flexibility index (Phi) is 3.61. The van der Waals surface area contributed by atoms with Gasteiger partial charge in [-0.2, -0.15) is 0 Å². The third-order valence-corrected chi connectivity index (χ3v) is 3.79. The molecule has 78 valence electrons.